The molecule has 1 amide bonds. The summed E-state index contributed by atoms with van der Waals surface area (Å²) in [5.41, 5.74) is 1.44. The van der Waals surface area contributed by atoms with Gasteiger partial charge < -0.3 is 9.80 Å². The van der Waals surface area contributed by atoms with Crippen molar-refractivity contribution in [1.29, 1.82) is 0 Å². The first-order valence-corrected chi connectivity index (χ1v) is 10.6. The van der Waals surface area contributed by atoms with Gasteiger partial charge in [0.05, 0.1) is 16.8 Å². The molecule has 6 nitrogen and oxygen atoms in total. The summed E-state index contributed by atoms with van der Waals surface area (Å²) >= 11 is 6.15. The first-order chi connectivity index (χ1) is 12.7. The predicted molar refractivity (Wildman–Crippen MR) is 104 cm³/mol. The number of nitrogens with zero attached hydrogens (tertiary/aromatic N) is 2. The molecule has 1 fully saturated rings. The van der Waals surface area contributed by atoms with Crippen molar-refractivity contribution in [3.05, 3.63) is 58.9 Å². The fraction of sp³-hybridized carbons (Fsp3) is 0.278. The summed E-state index contributed by atoms with van der Waals surface area (Å²) in [5, 5.41) is 0.264. The van der Waals surface area contributed by atoms with Gasteiger partial charge in [-0.2, -0.15) is 0 Å². The molecule has 144 valence electrons. The molecule has 0 spiro atoms. The molecular formula is C18H19ClFN3O3S. The zero-order valence-corrected chi connectivity index (χ0v) is 16.2. The fourth-order valence-electron chi connectivity index (χ4n) is 2.96. The lowest BCUT2D eigenvalue weighted by Crippen LogP contribution is -2.48. The third kappa shape index (κ3) is 4.90. The minimum absolute atomic E-state index is 0.251. The minimum atomic E-state index is -3.45. The Morgan fingerprint density at radius 2 is 1.70 bits per heavy atom. The Hall–Kier alpha value is -2.32. The van der Waals surface area contributed by atoms with Crippen molar-refractivity contribution >= 4 is 38.9 Å². The number of anilines is 2. The first-order valence-electron chi connectivity index (χ1n) is 8.30. The molecule has 0 unspecified atom stereocenters. The van der Waals surface area contributed by atoms with Crippen LogP contribution in [0.25, 0.3) is 0 Å². The van der Waals surface area contributed by atoms with E-state index < -0.39 is 10.0 Å². The van der Waals surface area contributed by atoms with Crippen LogP contribution in [0.2, 0.25) is 5.02 Å². The third-order valence-electron chi connectivity index (χ3n) is 4.26. The van der Waals surface area contributed by atoms with Crippen LogP contribution in [0, 0.1) is 5.82 Å². The van der Waals surface area contributed by atoms with Gasteiger partial charge in [0.25, 0.3) is 5.91 Å². The lowest BCUT2D eigenvalue weighted by atomic mass is 10.1. The van der Waals surface area contributed by atoms with Gasteiger partial charge in [0, 0.05) is 37.6 Å². The van der Waals surface area contributed by atoms with E-state index >= 15 is 0 Å². The monoisotopic (exact) mass is 411 g/mol. The number of benzene rings is 2. The molecular weight excluding hydrogens is 393 g/mol. The predicted octanol–water partition coefficient (Wildman–Crippen LogP) is 2.81. The maximum atomic E-state index is 13.1. The van der Waals surface area contributed by atoms with E-state index in [-0.39, 0.29) is 28.0 Å². The second kappa shape index (κ2) is 7.74. The van der Waals surface area contributed by atoms with Crippen molar-refractivity contribution in [2.75, 3.05) is 42.1 Å². The number of piperazine rings is 1. The van der Waals surface area contributed by atoms with Gasteiger partial charge in [0.15, 0.2) is 0 Å². The standard InChI is InChI=1S/C18H19ClFN3O3S/c1-27(25,26)21-14-4-7-17(19)16(12-14)18(24)23-10-8-22(9-11-23)15-5-2-13(20)3-6-15/h2-7,12,21H,8-11H2,1H3. The van der Waals surface area contributed by atoms with Crippen molar-refractivity contribution < 1.29 is 17.6 Å². The highest BCUT2D eigenvalue weighted by atomic mass is 35.5. The molecule has 0 aliphatic carbocycles. The molecule has 0 bridgehead atoms. The van der Waals surface area contributed by atoms with Gasteiger partial charge in [-0.05, 0) is 42.5 Å². The van der Waals surface area contributed by atoms with Crippen LogP contribution in [0.4, 0.5) is 15.8 Å². The molecule has 1 heterocycles. The van der Waals surface area contributed by atoms with Gasteiger partial charge in [-0.25, -0.2) is 12.8 Å². The Kier molecular flexibility index (Phi) is 5.57. The molecule has 1 saturated heterocycles. The third-order valence-corrected chi connectivity index (χ3v) is 5.19. The molecule has 1 N–H and O–H groups in total. The largest absolute Gasteiger partial charge is 0.368 e. The van der Waals surface area contributed by atoms with E-state index in [2.05, 4.69) is 9.62 Å². The average Bonchev–Trinajstić information content (AvgIpc) is 2.62. The van der Waals surface area contributed by atoms with Crippen LogP contribution in [0.3, 0.4) is 0 Å². The Bertz CT molecular complexity index is 943. The summed E-state index contributed by atoms with van der Waals surface area (Å²) in [6, 6.07) is 10.7. The summed E-state index contributed by atoms with van der Waals surface area (Å²) in [5.74, 6) is -0.541. The average molecular weight is 412 g/mol. The van der Waals surface area contributed by atoms with Crippen LogP contribution in [0.15, 0.2) is 42.5 Å². The number of hydrogen-bond donors (Lipinski definition) is 1. The van der Waals surface area contributed by atoms with Crippen LogP contribution < -0.4 is 9.62 Å². The van der Waals surface area contributed by atoms with E-state index in [4.69, 9.17) is 11.6 Å². The van der Waals surface area contributed by atoms with Gasteiger partial charge >= 0.3 is 0 Å². The molecule has 2 aromatic carbocycles. The number of carbonyl (C=O) groups excluding carboxylic acids is 1. The molecule has 1 aliphatic heterocycles. The number of sulfonamides is 1. The molecule has 0 saturated carbocycles. The maximum absolute atomic E-state index is 13.1. The Morgan fingerprint density at radius 3 is 2.30 bits per heavy atom. The van der Waals surface area contributed by atoms with E-state index in [9.17, 15) is 17.6 Å². The van der Waals surface area contributed by atoms with Crippen LogP contribution in [0.1, 0.15) is 10.4 Å². The molecule has 0 atom stereocenters. The van der Waals surface area contributed by atoms with Crippen molar-refractivity contribution in [3.8, 4) is 0 Å². The first kappa shape index (κ1) is 19.4. The quantitative estimate of drug-likeness (QED) is 0.839. The molecule has 3 rings (SSSR count). The van der Waals surface area contributed by atoms with Crippen LogP contribution >= 0.6 is 11.6 Å². The fourth-order valence-corrected chi connectivity index (χ4v) is 3.71. The Labute approximate surface area is 162 Å². The number of amides is 1. The van der Waals surface area contributed by atoms with Gasteiger partial charge in [-0.15, -0.1) is 0 Å². The smallest absolute Gasteiger partial charge is 0.255 e. The molecule has 0 aromatic heterocycles. The summed E-state index contributed by atoms with van der Waals surface area (Å²) in [6.45, 7) is 2.18. The summed E-state index contributed by atoms with van der Waals surface area (Å²) < 4.78 is 38.2. The van der Waals surface area contributed by atoms with E-state index in [0.29, 0.717) is 26.2 Å². The highest BCUT2D eigenvalue weighted by molar-refractivity contribution is 7.92. The zero-order chi connectivity index (χ0) is 19.6. The van der Waals surface area contributed by atoms with Crippen LogP contribution in [0.5, 0.6) is 0 Å². The topological polar surface area (TPSA) is 69.7 Å². The number of rotatable bonds is 4. The van der Waals surface area contributed by atoms with Gasteiger partial charge in [0.1, 0.15) is 5.82 Å². The van der Waals surface area contributed by atoms with E-state index in [1.807, 2.05) is 0 Å². The minimum Gasteiger partial charge on any atom is -0.368 e. The normalized spacial score (nSPS) is 14.9. The second-order valence-electron chi connectivity index (χ2n) is 6.32. The Morgan fingerprint density at radius 1 is 1.07 bits per heavy atom. The number of halogens is 2. The van der Waals surface area contributed by atoms with E-state index in [1.54, 1.807) is 17.0 Å². The van der Waals surface area contributed by atoms with E-state index in [0.717, 1.165) is 11.9 Å². The van der Waals surface area contributed by atoms with Gasteiger partial charge in [0.2, 0.25) is 10.0 Å². The van der Waals surface area contributed by atoms with E-state index in [1.165, 1.54) is 30.3 Å². The van der Waals surface area contributed by atoms with Crippen molar-refractivity contribution in [3.63, 3.8) is 0 Å². The second-order valence-corrected chi connectivity index (χ2v) is 8.48. The van der Waals surface area contributed by atoms with Gasteiger partial charge in [-0.1, -0.05) is 11.6 Å². The van der Waals surface area contributed by atoms with Crippen molar-refractivity contribution in [2.45, 2.75) is 0 Å². The Balaban J connectivity index is 1.70. The van der Waals surface area contributed by atoms with Crippen molar-refractivity contribution in [1.82, 2.24) is 4.90 Å². The highest BCUT2D eigenvalue weighted by Gasteiger charge is 2.24. The summed E-state index contributed by atoms with van der Waals surface area (Å²) in [4.78, 5) is 16.6. The van der Waals surface area contributed by atoms with Crippen LogP contribution in [-0.2, 0) is 10.0 Å². The number of hydrogen-bond acceptors (Lipinski definition) is 4. The highest BCUT2D eigenvalue weighted by Crippen LogP contribution is 2.24. The summed E-state index contributed by atoms with van der Waals surface area (Å²) in [6.07, 6.45) is 1.04. The van der Waals surface area contributed by atoms with Crippen LogP contribution in [-0.4, -0.2) is 51.7 Å². The van der Waals surface area contributed by atoms with Crippen molar-refractivity contribution in [2.24, 2.45) is 0 Å². The molecule has 1 aliphatic rings. The summed E-state index contributed by atoms with van der Waals surface area (Å²) in [7, 11) is -3.45. The zero-order valence-electron chi connectivity index (χ0n) is 14.7. The molecule has 27 heavy (non-hydrogen) atoms. The number of nitrogens with one attached hydrogen (secondary N) is 1. The SMILES string of the molecule is CS(=O)(=O)Nc1ccc(Cl)c(C(=O)N2CCN(c3ccc(F)cc3)CC2)c1. The lowest BCUT2D eigenvalue weighted by Gasteiger charge is -2.36. The molecule has 2 aromatic rings. The lowest BCUT2D eigenvalue weighted by molar-refractivity contribution is 0.0747. The maximum Gasteiger partial charge on any atom is 0.255 e. The number of carbonyl (C=O) groups is 1. The molecule has 9 heteroatoms. The van der Waals surface area contributed by atoms with Gasteiger partial charge in [-0.3, -0.25) is 9.52 Å². The molecule has 0 radical (unpaired) electrons.